The third-order valence-electron chi connectivity index (χ3n) is 3.55. The molecule has 2 atom stereocenters. The maximum atomic E-state index is 13.3. The van der Waals surface area contributed by atoms with E-state index in [9.17, 15) is 9.18 Å². The van der Waals surface area contributed by atoms with E-state index in [-0.39, 0.29) is 30.3 Å². The molecule has 0 spiro atoms. The van der Waals surface area contributed by atoms with Gasteiger partial charge >= 0.3 is 0 Å². The molecule has 23 heavy (non-hydrogen) atoms. The van der Waals surface area contributed by atoms with Crippen LogP contribution in [0.25, 0.3) is 0 Å². The topological polar surface area (TPSA) is 60.5 Å². The SMILES string of the molecule is O=C(Cc1cscn1)N[C@@H]1COCC[C@@H]1Oc1cccc(F)c1. The van der Waals surface area contributed by atoms with Gasteiger partial charge in [-0.3, -0.25) is 4.79 Å². The van der Waals surface area contributed by atoms with Gasteiger partial charge in [0.15, 0.2) is 0 Å². The molecule has 0 saturated carbocycles. The summed E-state index contributed by atoms with van der Waals surface area (Å²) in [6, 6.07) is 5.73. The first kappa shape index (κ1) is 15.9. The van der Waals surface area contributed by atoms with Crippen LogP contribution in [-0.2, 0) is 16.0 Å². The van der Waals surface area contributed by atoms with E-state index in [0.717, 1.165) is 5.69 Å². The number of halogens is 1. The highest BCUT2D eigenvalue weighted by Gasteiger charge is 2.29. The first-order valence-electron chi connectivity index (χ1n) is 7.37. The predicted octanol–water partition coefficient (Wildman–Crippen LogP) is 2.18. The van der Waals surface area contributed by atoms with Crippen LogP contribution in [0.15, 0.2) is 35.2 Å². The Hall–Kier alpha value is -1.99. The van der Waals surface area contributed by atoms with Crippen molar-refractivity contribution < 1.29 is 18.7 Å². The first-order chi connectivity index (χ1) is 11.2. The number of amides is 1. The van der Waals surface area contributed by atoms with Crippen LogP contribution in [0.5, 0.6) is 5.75 Å². The number of thiazole rings is 1. The number of benzene rings is 1. The van der Waals surface area contributed by atoms with Gasteiger partial charge in [0.1, 0.15) is 17.7 Å². The van der Waals surface area contributed by atoms with Crippen molar-refractivity contribution in [3.63, 3.8) is 0 Å². The lowest BCUT2D eigenvalue weighted by molar-refractivity contribution is -0.123. The third kappa shape index (κ3) is 4.49. The van der Waals surface area contributed by atoms with Gasteiger partial charge in [0.25, 0.3) is 0 Å². The minimum absolute atomic E-state index is 0.126. The summed E-state index contributed by atoms with van der Waals surface area (Å²) in [5, 5.41) is 4.77. The summed E-state index contributed by atoms with van der Waals surface area (Å²) in [5.74, 6) is -0.0198. The molecule has 0 bridgehead atoms. The van der Waals surface area contributed by atoms with Crippen molar-refractivity contribution in [1.82, 2.24) is 10.3 Å². The number of hydrogen-bond donors (Lipinski definition) is 1. The lowest BCUT2D eigenvalue weighted by Gasteiger charge is -2.32. The second kappa shape index (κ2) is 7.52. The zero-order valence-corrected chi connectivity index (χ0v) is 13.2. The van der Waals surface area contributed by atoms with E-state index in [4.69, 9.17) is 9.47 Å². The van der Waals surface area contributed by atoms with Gasteiger partial charge in [0.05, 0.1) is 36.9 Å². The number of nitrogens with zero attached hydrogens (tertiary/aromatic N) is 1. The second-order valence-electron chi connectivity index (χ2n) is 5.31. The Morgan fingerprint density at radius 1 is 1.52 bits per heavy atom. The molecular formula is C16H17FN2O3S. The van der Waals surface area contributed by atoms with E-state index < -0.39 is 0 Å². The largest absolute Gasteiger partial charge is 0.488 e. The molecule has 0 unspecified atom stereocenters. The monoisotopic (exact) mass is 336 g/mol. The maximum absolute atomic E-state index is 13.3. The Morgan fingerprint density at radius 3 is 3.22 bits per heavy atom. The number of nitrogens with one attached hydrogen (secondary N) is 1. The predicted molar refractivity (Wildman–Crippen MR) is 84.0 cm³/mol. The Morgan fingerprint density at radius 2 is 2.43 bits per heavy atom. The van der Waals surface area contributed by atoms with Crippen LogP contribution < -0.4 is 10.1 Å². The molecule has 0 aliphatic carbocycles. The number of hydrogen-bond acceptors (Lipinski definition) is 5. The number of aromatic nitrogens is 1. The summed E-state index contributed by atoms with van der Waals surface area (Å²) < 4.78 is 24.5. The van der Waals surface area contributed by atoms with Gasteiger partial charge in [-0.15, -0.1) is 11.3 Å². The van der Waals surface area contributed by atoms with Gasteiger partial charge in [-0.2, -0.15) is 0 Å². The van der Waals surface area contributed by atoms with Crippen LogP contribution in [0.4, 0.5) is 4.39 Å². The summed E-state index contributed by atoms with van der Waals surface area (Å²) >= 11 is 1.46. The molecule has 7 heteroatoms. The molecule has 2 aromatic rings. The molecule has 1 aliphatic heterocycles. The molecule has 1 aliphatic rings. The summed E-state index contributed by atoms with van der Waals surface area (Å²) in [6.45, 7) is 0.932. The number of carbonyl (C=O) groups is 1. The van der Waals surface area contributed by atoms with Crippen LogP contribution in [0, 0.1) is 5.82 Å². The number of rotatable bonds is 5. The van der Waals surface area contributed by atoms with E-state index in [2.05, 4.69) is 10.3 Å². The van der Waals surface area contributed by atoms with E-state index in [1.54, 1.807) is 17.6 Å². The van der Waals surface area contributed by atoms with E-state index in [1.807, 2.05) is 5.38 Å². The minimum Gasteiger partial charge on any atom is -0.488 e. The molecule has 5 nitrogen and oxygen atoms in total. The van der Waals surface area contributed by atoms with Gasteiger partial charge in [-0.1, -0.05) is 6.07 Å². The highest BCUT2D eigenvalue weighted by Crippen LogP contribution is 2.19. The average molecular weight is 336 g/mol. The van der Waals surface area contributed by atoms with Crippen molar-refractivity contribution in [3.05, 3.63) is 46.7 Å². The summed E-state index contributed by atoms with van der Waals surface area (Å²) in [5.41, 5.74) is 2.44. The van der Waals surface area contributed by atoms with Crippen LogP contribution in [0.1, 0.15) is 12.1 Å². The van der Waals surface area contributed by atoms with Crippen LogP contribution in [-0.4, -0.2) is 36.3 Å². The van der Waals surface area contributed by atoms with Crippen molar-refractivity contribution in [2.24, 2.45) is 0 Å². The Labute approximate surface area is 137 Å². The second-order valence-corrected chi connectivity index (χ2v) is 6.03. The summed E-state index contributed by atoms with van der Waals surface area (Å²) in [4.78, 5) is 16.2. The van der Waals surface area contributed by atoms with Crippen molar-refractivity contribution in [2.75, 3.05) is 13.2 Å². The molecule has 2 heterocycles. The van der Waals surface area contributed by atoms with Gasteiger partial charge in [-0.25, -0.2) is 9.37 Å². The highest BCUT2D eigenvalue weighted by atomic mass is 32.1. The smallest absolute Gasteiger partial charge is 0.226 e. The van der Waals surface area contributed by atoms with E-state index in [0.29, 0.717) is 25.4 Å². The molecule has 122 valence electrons. The lowest BCUT2D eigenvalue weighted by atomic mass is 10.1. The Balaban J connectivity index is 1.60. The van der Waals surface area contributed by atoms with Crippen molar-refractivity contribution >= 4 is 17.2 Å². The highest BCUT2D eigenvalue weighted by molar-refractivity contribution is 7.07. The quantitative estimate of drug-likeness (QED) is 0.909. The molecule has 1 amide bonds. The summed E-state index contributed by atoms with van der Waals surface area (Å²) in [7, 11) is 0. The first-order valence-corrected chi connectivity index (χ1v) is 8.31. The van der Waals surface area contributed by atoms with Gasteiger partial charge < -0.3 is 14.8 Å². The van der Waals surface area contributed by atoms with Crippen molar-refractivity contribution in [2.45, 2.75) is 25.0 Å². The van der Waals surface area contributed by atoms with Crippen LogP contribution >= 0.6 is 11.3 Å². The fourth-order valence-corrected chi connectivity index (χ4v) is 3.01. The van der Waals surface area contributed by atoms with Gasteiger partial charge in [0, 0.05) is 17.9 Å². The standard InChI is InChI=1S/C16H17FN2O3S/c17-11-2-1-3-13(6-11)22-15-4-5-21-8-14(15)19-16(20)7-12-9-23-10-18-12/h1-3,6,9-10,14-15H,4-5,7-8H2,(H,19,20)/t14-,15+/m1/s1. The molecule has 1 aromatic heterocycles. The molecule has 0 radical (unpaired) electrons. The van der Waals surface area contributed by atoms with Crippen molar-refractivity contribution in [3.8, 4) is 5.75 Å². The van der Waals surface area contributed by atoms with E-state index >= 15 is 0 Å². The molecule has 1 aromatic carbocycles. The fourth-order valence-electron chi connectivity index (χ4n) is 2.46. The number of ether oxygens (including phenoxy) is 2. The lowest BCUT2D eigenvalue weighted by Crippen LogP contribution is -2.52. The number of carbonyl (C=O) groups excluding carboxylic acids is 1. The zero-order valence-electron chi connectivity index (χ0n) is 12.4. The van der Waals surface area contributed by atoms with Crippen molar-refractivity contribution in [1.29, 1.82) is 0 Å². The molecule has 1 fully saturated rings. The van der Waals surface area contributed by atoms with Gasteiger partial charge in [0.2, 0.25) is 5.91 Å². The Kier molecular flexibility index (Phi) is 5.19. The molecular weight excluding hydrogens is 319 g/mol. The fraction of sp³-hybridized carbons (Fsp3) is 0.375. The zero-order chi connectivity index (χ0) is 16.1. The normalized spacial score (nSPS) is 20.9. The Bertz CT molecular complexity index is 651. The third-order valence-corrected chi connectivity index (χ3v) is 4.18. The van der Waals surface area contributed by atoms with Crippen LogP contribution in [0.2, 0.25) is 0 Å². The average Bonchev–Trinajstić information content (AvgIpc) is 3.02. The minimum atomic E-state index is -0.348. The molecule has 1 saturated heterocycles. The van der Waals surface area contributed by atoms with Gasteiger partial charge in [-0.05, 0) is 12.1 Å². The molecule has 1 N–H and O–H groups in total. The maximum Gasteiger partial charge on any atom is 0.226 e. The molecule has 3 rings (SSSR count). The summed E-state index contributed by atoms with van der Waals surface area (Å²) in [6.07, 6.45) is 0.620. The van der Waals surface area contributed by atoms with E-state index in [1.165, 1.54) is 23.5 Å². The van der Waals surface area contributed by atoms with Crippen LogP contribution in [0.3, 0.4) is 0 Å².